The van der Waals surface area contributed by atoms with Gasteiger partial charge in [0.15, 0.2) is 5.16 Å². The van der Waals surface area contributed by atoms with E-state index in [1.54, 1.807) is 0 Å². The van der Waals surface area contributed by atoms with E-state index in [-0.39, 0.29) is 0 Å². The zero-order valence-electron chi connectivity index (χ0n) is 2.44. The van der Waals surface area contributed by atoms with Gasteiger partial charge in [-0.25, -0.2) is 0 Å². The molecule has 0 nitrogen and oxygen atoms in total. The SMILES string of the molecule is C=C(F)SS. The standard InChI is InChI=1S/C2H3FS2/c1-2(3)5-4/h4H,1H2. The molecule has 0 aliphatic heterocycles. The van der Waals surface area contributed by atoms with Crippen LogP contribution in [-0.4, -0.2) is 0 Å². The monoisotopic (exact) mass is 110 g/mol. The minimum absolute atomic E-state index is 0.465. The van der Waals surface area contributed by atoms with Crippen LogP contribution in [0.15, 0.2) is 11.7 Å². The second kappa shape index (κ2) is 2.60. The highest BCUT2D eigenvalue weighted by atomic mass is 33.1. The third kappa shape index (κ3) is 4.37. The maximum atomic E-state index is 11.1. The highest BCUT2D eigenvalue weighted by molar-refractivity contribution is 8.70. The summed E-state index contributed by atoms with van der Waals surface area (Å²) < 4.78 is 11.1. The summed E-state index contributed by atoms with van der Waals surface area (Å²) in [5.74, 6) is 0. The molecule has 0 unspecified atom stereocenters. The van der Waals surface area contributed by atoms with Gasteiger partial charge in [0, 0.05) is 0 Å². The van der Waals surface area contributed by atoms with Gasteiger partial charge in [0.05, 0.1) is 0 Å². The Morgan fingerprint density at radius 1 is 2.00 bits per heavy atom. The van der Waals surface area contributed by atoms with Crippen LogP contribution >= 0.6 is 22.5 Å². The van der Waals surface area contributed by atoms with Gasteiger partial charge < -0.3 is 0 Å². The molecule has 0 aliphatic rings. The third-order valence-electron chi connectivity index (χ3n) is 0.0991. The first-order valence-corrected chi connectivity index (χ1v) is 2.80. The Balaban J connectivity index is 2.85. The number of thiol groups is 1. The van der Waals surface area contributed by atoms with Gasteiger partial charge in [0.25, 0.3) is 0 Å². The lowest BCUT2D eigenvalue weighted by Crippen LogP contribution is -1.38. The molecule has 0 radical (unpaired) electrons. The molecule has 0 fully saturated rings. The Morgan fingerprint density at radius 2 is 2.20 bits per heavy atom. The Bertz CT molecular complexity index is 42.9. The molecular formula is C2H3FS2. The summed E-state index contributed by atoms with van der Waals surface area (Å²) in [7, 11) is 0.713. The molecule has 30 valence electrons. The van der Waals surface area contributed by atoms with Crippen molar-refractivity contribution < 1.29 is 4.39 Å². The maximum absolute atomic E-state index is 11.1. The van der Waals surface area contributed by atoms with Crippen molar-refractivity contribution in [2.24, 2.45) is 0 Å². The molecular weight excluding hydrogens is 107 g/mol. The fraction of sp³-hybridized carbons (Fsp3) is 0. The molecule has 0 aromatic carbocycles. The molecule has 0 N–H and O–H groups in total. The minimum Gasteiger partial charge on any atom is -0.199 e. The van der Waals surface area contributed by atoms with Gasteiger partial charge >= 0.3 is 0 Å². The van der Waals surface area contributed by atoms with E-state index in [4.69, 9.17) is 0 Å². The lowest BCUT2D eigenvalue weighted by molar-refractivity contribution is 0.705. The second-order valence-electron chi connectivity index (χ2n) is 0.446. The number of rotatable bonds is 1. The minimum atomic E-state index is -0.465. The molecule has 0 heterocycles. The van der Waals surface area contributed by atoms with Crippen molar-refractivity contribution in [1.82, 2.24) is 0 Å². The summed E-state index contributed by atoms with van der Waals surface area (Å²) in [6, 6.07) is 0. The van der Waals surface area contributed by atoms with Gasteiger partial charge in [0.2, 0.25) is 0 Å². The molecule has 0 aromatic heterocycles. The molecule has 0 bridgehead atoms. The zero-order chi connectivity index (χ0) is 4.28. The third-order valence-corrected chi connectivity index (χ3v) is 0.891. The average Bonchev–Trinajstić information content (AvgIpc) is 1.38. The lowest BCUT2D eigenvalue weighted by atomic mass is 11.2. The van der Waals surface area contributed by atoms with Crippen LogP contribution in [0.25, 0.3) is 0 Å². The lowest BCUT2D eigenvalue weighted by Gasteiger charge is -1.72. The van der Waals surface area contributed by atoms with E-state index in [9.17, 15) is 4.39 Å². The van der Waals surface area contributed by atoms with Gasteiger partial charge in [-0.1, -0.05) is 6.58 Å². The fourth-order valence-corrected chi connectivity index (χ4v) is 0. The van der Waals surface area contributed by atoms with Crippen LogP contribution in [0.1, 0.15) is 0 Å². The fourth-order valence-electron chi connectivity index (χ4n) is 0. The Labute approximate surface area is 39.3 Å². The van der Waals surface area contributed by atoms with Crippen molar-refractivity contribution in [2.45, 2.75) is 0 Å². The molecule has 0 saturated heterocycles. The highest BCUT2D eigenvalue weighted by Gasteiger charge is 1.75. The molecule has 3 heteroatoms. The molecule has 0 rings (SSSR count). The van der Waals surface area contributed by atoms with Crippen LogP contribution in [0.5, 0.6) is 0 Å². The van der Waals surface area contributed by atoms with Gasteiger partial charge in [-0.2, -0.15) is 4.39 Å². The molecule has 0 saturated carbocycles. The first-order valence-electron chi connectivity index (χ1n) is 0.929. The van der Waals surface area contributed by atoms with Gasteiger partial charge in [0.1, 0.15) is 0 Å². The number of hydrogen-bond donors (Lipinski definition) is 1. The topological polar surface area (TPSA) is 0 Å². The molecule has 0 amide bonds. The molecule has 0 aliphatic carbocycles. The van der Waals surface area contributed by atoms with Crippen LogP contribution in [0, 0.1) is 0 Å². The summed E-state index contributed by atoms with van der Waals surface area (Å²) >= 11 is 3.46. The number of hydrogen-bond acceptors (Lipinski definition) is 2. The van der Waals surface area contributed by atoms with E-state index in [0.29, 0.717) is 10.8 Å². The number of halogens is 1. The van der Waals surface area contributed by atoms with Gasteiger partial charge in [-0.05, 0) is 10.8 Å². The van der Waals surface area contributed by atoms with Gasteiger partial charge in [-0.3, -0.25) is 0 Å². The van der Waals surface area contributed by atoms with Crippen LogP contribution in [0.4, 0.5) is 4.39 Å². The largest absolute Gasteiger partial charge is 0.199 e. The van der Waals surface area contributed by atoms with E-state index < -0.39 is 5.16 Å². The molecule has 0 aromatic rings. The maximum Gasteiger partial charge on any atom is 0.159 e. The summed E-state index contributed by atoms with van der Waals surface area (Å²) in [6.45, 7) is 2.89. The van der Waals surface area contributed by atoms with Crippen molar-refractivity contribution >= 4 is 22.5 Å². The molecule has 5 heavy (non-hydrogen) atoms. The summed E-state index contributed by atoms with van der Waals surface area (Å²) in [6.07, 6.45) is 0. The van der Waals surface area contributed by atoms with E-state index in [2.05, 4.69) is 18.2 Å². The molecule has 0 atom stereocenters. The van der Waals surface area contributed by atoms with Crippen molar-refractivity contribution in [3.8, 4) is 0 Å². The predicted octanol–water partition coefficient (Wildman–Crippen LogP) is 2.01. The van der Waals surface area contributed by atoms with E-state index in [0.717, 1.165) is 0 Å². The molecule has 0 spiro atoms. The normalized spacial score (nSPS) is 7.60. The summed E-state index contributed by atoms with van der Waals surface area (Å²) in [5, 5.41) is -0.465. The second-order valence-corrected chi connectivity index (χ2v) is 1.62. The quantitative estimate of drug-likeness (QED) is 0.398. The average molecular weight is 110 g/mol. The van der Waals surface area contributed by atoms with Crippen molar-refractivity contribution in [3.05, 3.63) is 11.7 Å². The predicted molar refractivity (Wildman–Crippen MR) is 26.8 cm³/mol. The smallest absolute Gasteiger partial charge is 0.159 e. The van der Waals surface area contributed by atoms with E-state index in [1.165, 1.54) is 0 Å². The highest BCUT2D eigenvalue weighted by Crippen LogP contribution is 2.16. The Kier molecular flexibility index (Phi) is 2.79. The van der Waals surface area contributed by atoms with Crippen LogP contribution in [0.2, 0.25) is 0 Å². The van der Waals surface area contributed by atoms with E-state index >= 15 is 0 Å². The zero-order valence-corrected chi connectivity index (χ0v) is 4.15. The van der Waals surface area contributed by atoms with Crippen LogP contribution in [-0.2, 0) is 0 Å². The van der Waals surface area contributed by atoms with Gasteiger partial charge in [-0.15, -0.1) is 11.7 Å². The summed E-state index contributed by atoms with van der Waals surface area (Å²) in [4.78, 5) is 0. The van der Waals surface area contributed by atoms with Crippen molar-refractivity contribution in [1.29, 1.82) is 0 Å². The van der Waals surface area contributed by atoms with Crippen LogP contribution < -0.4 is 0 Å². The van der Waals surface area contributed by atoms with E-state index in [1.807, 2.05) is 0 Å². The first kappa shape index (κ1) is 5.37. The summed E-state index contributed by atoms with van der Waals surface area (Å²) in [5.41, 5.74) is 0. The Morgan fingerprint density at radius 3 is 2.20 bits per heavy atom. The van der Waals surface area contributed by atoms with Crippen molar-refractivity contribution in [2.75, 3.05) is 0 Å². The van der Waals surface area contributed by atoms with Crippen molar-refractivity contribution in [3.63, 3.8) is 0 Å². The first-order chi connectivity index (χ1) is 2.27. The Hall–Kier alpha value is 0.370. The van der Waals surface area contributed by atoms with Crippen LogP contribution in [0.3, 0.4) is 0 Å².